The smallest absolute Gasteiger partial charge is 0.408 e. The van der Waals surface area contributed by atoms with Gasteiger partial charge in [0.1, 0.15) is 5.60 Å². The Balaban J connectivity index is 2.55. The van der Waals surface area contributed by atoms with E-state index >= 15 is 0 Å². The highest BCUT2D eigenvalue weighted by Crippen LogP contribution is 2.19. The van der Waals surface area contributed by atoms with Gasteiger partial charge in [0.05, 0.1) is 24.8 Å². The number of hydrogen-bond donors (Lipinski definition) is 2. The van der Waals surface area contributed by atoms with E-state index in [-0.39, 0.29) is 17.7 Å². The van der Waals surface area contributed by atoms with Gasteiger partial charge < -0.3 is 24.8 Å². The Labute approximate surface area is 140 Å². The van der Waals surface area contributed by atoms with E-state index in [4.69, 9.17) is 14.2 Å². The fourth-order valence-electron chi connectivity index (χ4n) is 2.39. The monoisotopic (exact) mass is 330 g/mol. The molecule has 1 aliphatic heterocycles. The standard InChI is InChI=1S/C17H34N2O4/c1-8-17(9-2,19-14(20)23-15(3,4)5)12-18-13-10-21-16(6,7)22-11-13/h13,18H,8-12H2,1-7H3,(H,19,20). The first-order valence-electron chi connectivity index (χ1n) is 8.53. The van der Waals surface area contributed by atoms with Crippen LogP contribution in [0, 0.1) is 0 Å². The largest absolute Gasteiger partial charge is 0.444 e. The molecule has 1 saturated heterocycles. The molecule has 2 N–H and O–H groups in total. The Hall–Kier alpha value is -0.850. The van der Waals surface area contributed by atoms with Crippen molar-refractivity contribution in [2.75, 3.05) is 19.8 Å². The number of nitrogens with one attached hydrogen (secondary N) is 2. The van der Waals surface area contributed by atoms with Crippen LogP contribution in [0.25, 0.3) is 0 Å². The molecule has 0 aromatic rings. The first-order chi connectivity index (χ1) is 10.5. The first-order valence-corrected chi connectivity index (χ1v) is 8.53. The molecule has 6 nitrogen and oxygen atoms in total. The van der Waals surface area contributed by atoms with Crippen molar-refractivity contribution in [3.05, 3.63) is 0 Å². The lowest BCUT2D eigenvalue weighted by atomic mass is 9.92. The van der Waals surface area contributed by atoms with Crippen LogP contribution in [0.1, 0.15) is 61.3 Å². The summed E-state index contributed by atoms with van der Waals surface area (Å²) in [4.78, 5) is 12.1. The van der Waals surface area contributed by atoms with Gasteiger partial charge in [-0.25, -0.2) is 4.79 Å². The lowest BCUT2D eigenvalue weighted by molar-refractivity contribution is -0.253. The number of carbonyl (C=O) groups is 1. The third kappa shape index (κ3) is 7.06. The zero-order valence-corrected chi connectivity index (χ0v) is 15.7. The van der Waals surface area contributed by atoms with Crippen molar-refractivity contribution in [1.82, 2.24) is 10.6 Å². The molecule has 0 radical (unpaired) electrons. The van der Waals surface area contributed by atoms with Crippen LogP contribution < -0.4 is 10.6 Å². The number of hydrogen-bond acceptors (Lipinski definition) is 5. The molecule has 1 rings (SSSR count). The van der Waals surface area contributed by atoms with E-state index < -0.39 is 11.4 Å². The molecular formula is C17H34N2O4. The van der Waals surface area contributed by atoms with Gasteiger partial charge in [-0.1, -0.05) is 13.8 Å². The van der Waals surface area contributed by atoms with Crippen molar-refractivity contribution in [2.24, 2.45) is 0 Å². The number of ether oxygens (including phenoxy) is 3. The maximum Gasteiger partial charge on any atom is 0.408 e. The Bertz CT molecular complexity index is 377. The average Bonchev–Trinajstić information content (AvgIpc) is 2.42. The van der Waals surface area contributed by atoms with Gasteiger partial charge in [0, 0.05) is 6.54 Å². The molecule has 0 atom stereocenters. The molecular weight excluding hydrogens is 296 g/mol. The minimum atomic E-state index is -0.514. The van der Waals surface area contributed by atoms with E-state index in [0.717, 1.165) is 12.8 Å². The number of amides is 1. The summed E-state index contributed by atoms with van der Waals surface area (Å²) in [5.41, 5.74) is -0.837. The molecule has 1 heterocycles. The van der Waals surface area contributed by atoms with Crippen LogP contribution in [0.2, 0.25) is 0 Å². The summed E-state index contributed by atoms with van der Waals surface area (Å²) in [5.74, 6) is -0.514. The summed E-state index contributed by atoms with van der Waals surface area (Å²) in [6.45, 7) is 15.4. The van der Waals surface area contributed by atoms with Crippen LogP contribution in [-0.2, 0) is 14.2 Å². The summed E-state index contributed by atoms with van der Waals surface area (Å²) >= 11 is 0. The predicted octanol–water partition coefficient (Wildman–Crippen LogP) is 2.81. The SMILES string of the molecule is CCC(CC)(CNC1COC(C)(C)OC1)NC(=O)OC(C)(C)C. The van der Waals surface area contributed by atoms with Crippen LogP contribution in [0.15, 0.2) is 0 Å². The molecule has 0 aliphatic carbocycles. The van der Waals surface area contributed by atoms with Gasteiger partial charge in [0.2, 0.25) is 0 Å². The van der Waals surface area contributed by atoms with Crippen molar-refractivity contribution in [1.29, 1.82) is 0 Å². The summed E-state index contributed by atoms with van der Waals surface area (Å²) in [7, 11) is 0. The normalized spacial score (nSPS) is 19.4. The lowest BCUT2D eigenvalue weighted by Gasteiger charge is -2.39. The second kappa shape index (κ2) is 7.81. The van der Waals surface area contributed by atoms with Crippen molar-refractivity contribution < 1.29 is 19.0 Å². The van der Waals surface area contributed by atoms with Gasteiger partial charge in [0.15, 0.2) is 5.79 Å². The number of rotatable bonds is 6. The number of alkyl carbamates (subject to hydrolysis) is 1. The van der Waals surface area contributed by atoms with Gasteiger partial charge in [-0.3, -0.25) is 0 Å². The highest BCUT2D eigenvalue weighted by molar-refractivity contribution is 5.68. The maximum atomic E-state index is 12.1. The quantitative estimate of drug-likeness (QED) is 0.784. The topological polar surface area (TPSA) is 68.8 Å². The van der Waals surface area contributed by atoms with Gasteiger partial charge in [0.25, 0.3) is 0 Å². The molecule has 0 bridgehead atoms. The van der Waals surface area contributed by atoms with Crippen LogP contribution >= 0.6 is 0 Å². The minimum Gasteiger partial charge on any atom is -0.444 e. The summed E-state index contributed by atoms with van der Waals surface area (Å²) in [6, 6.07) is 0.126. The third-order valence-corrected chi connectivity index (χ3v) is 4.11. The van der Waals surface area contributed by atoms with Crippen LogP contribution in [0.5, 0.6) is 0 Å². The Kier molecular flexibility index (Phi) is 6.86. The molecule has 0 aromatic heterocycles. The zero-order chi connectivity index (χ0) is 17.7. The highest BCUT2D eigenvalue weighted by Gasteiger charge is 2.33. The van der Waals surface area contributed by atoms with Crippen molar-refractivity contribution in [3.63, 3.8) is 0 Å². The van der Waals surface area contributed by atoms with Crippen molar-refractivity contribution in [2.45, 2.75) is 84.3 Å². The van der Waals surface area contributed by atoms with Crippen molar-refractivity contribution in [3.8, 4) is 0 Å². The molecule has 0 aromatic carbocycles. The lowest BCUT2D eigenvalue weighted by Crippen LogP contribution is -2.58. The predicted molar refractivity (Wildman–Crippen MR) is 90.5 cm³/mol. The van der Waals surface area contributed by atoms with Crippen LogP contribution in [0.3, 0.4) is 0 Å². The first kappa shape index (κ1) is 20.2. The van der Waals surface area contributed by atoms with E-state index in [9.17, 15) is 4.79 Å². The van der Waals surface area contributed by atoms with E-state index in [1.54, 1.807) is 0 Å². The molecule has 23 heavy (non-hydrogen) atoms. The van der Waals surface area contributed by atoms with Gasteiger partial charge in [-0.15, -0.1) is 0 Å². The molecule has 0 saturated carbocycles. The fourth-order valence-corrected chi connectivity index (χ4v) is 2.39. The molecule has 1 aliphatic rings. The third-order valence-electron chi connectivity index (χ3n) is 4.11. The summed E-state index contributed by atoms with van der Waals surface area (Å²) < 4.78 is 16.7. The minimum absolute atomic E-state index is 0.126. The van der Waals surface area contributed by atoms with E-state index in [1.165, 1.54) is 0 Å². The van der Waals surface area contributed by atoms with E-state index in [1.807, 2.05) is 34.6 Å². The molecule has 1 amide bonds. The second-order valence-corrected chi connectivity index (χ2v) is 7.71. The van der Waals surface area contributed by atoms with Gasteiger partial charge in [-0.2, -0.15) is 0 Å². The Morgan fingerprint density at radius 3 is 2.13 bits per heavy atom. The highest BCUT2D eigenvalue weighted by atomic mass is 16.7. The molecule has 6 heteroatoms. The average molecular weight is 330 g/mol. The van der Waals surface area contributed by atoms with Gasteiger partial charge >= 0.3 is 6.09 Å². The zero-order valence-electron chi connectivity index (χ0n) is 15.7. The van der Waals surface area contributed by atoms with Gasteiger partial charge in [-0.05, 0) is 47.5 Å². The molecule has 0 unspecified atom stereocenters. The van der Waals surface area contributed by atoms with Crippen LogP contribution in [0.4, 0.5) is 4.79 Å². The Morgan fingerprint density at radius 2 is 1.70 bits per heavy atom. The molecule has 1 fully saturated rings. The maximum absolute atomic E-state index is 12.1. The van der Waals surface area contributed by atoms with E-state index in [2.05, 4.69) is 24.5 Å². The summed E-state index contributed by atoms with van der Waals surface area (Å²) in [5, 5.41) is 6.49. The second-order valence-electron chi connectivity index (χ2n) is 7.71. The van der Waals surface area contributed by atoms with E-state index in [0.29, 0.717) is 19.8 Å². The fraction of sp³-hybridized carbons (Fsp3) is 0.941. The summed E-state index contributed by atoms with van der Waals surface area (Å²) in [6.07, 6.45) is 1.26. The Morgan fingerprint density at radius 1 is 1.17 bits per heavy atom. The van der Waals surface area contributed by atoms with Crippen molar-refractivity contribution >= 4 is 6.09 Å². The van der Waals surface area contributed by atoms with Crippen LogP contribution in [-0.4, -0.2) is 48.8 Å². The molecule has 136 valence electrons. The molecule has 0 spiro atoms. The number of carbonyl (C=O) groups excluding carboxylic acids is 1.